The number of halogens is 1. The molecule has 0 aliphatic rings. The van der Waals surface area contributed by atoms with Crippen molar-refractivity contribution in [3.63, 3.8) is 0 Å². The molecule has 0 atom stereocenters. The molecule has 2 rings (SSSR count). The van der Waals surface area contributed by atoms with Crippen molar-refractivity contribution >= 4 is 33.8 Å². The highest BCUT2D eigenvalue weighted by Gasteiger charge is 2.03. The third-order valence-electron chi connectivity index (χ3n) is 2.11. The van der Waals surface area contributed by atoms with Gasteiger partial charge in [-0.15, -0.1) is 6.58 Å². The Labute approximate surface area is 91.6 Å². The van der Waals surface area contributed by atoms with E-state index in [0.717, 1.165) is 6.42 Å². The van der Waals surface area contributed by atoms with E-state index in [9.17, 15) is 0 Å². The van der Waals surface area contributed by atoms with Gasteiger partial charge in [0.25, 0.3) is 0 Å². The Bertz CT molecular complexity index is 442. The fourth-order valence-corrected chi connectivity index (χ4v) is 2.28. The van der Waals surface area contributed by atoms with E-state index in [1.165, 1.54) is 16.5 Å². The summed E-state index contributed by atoms with van der Waals surface area (Å²) >= 11 is 2.30. The van der Waals surface area contributed by atoms with Crippen LogP contribution in [0.1, 0.15) is 5.56 Å². The Morgan fingerprint density at radius 1 is 1.38 bits per heavy atom. The van der Waals surface area contributed by atoms with Crippen LogP contribution in [0.25, 0.3) is 10.9 Å². The summed E-state index contributed by atoms with van der Waals surface area (Å²) in [5.41, 5.74) is 2.62. The number of nitrogens with zero attached hydrogens (tertiary/aromatic N) is 1. The van der Waals surface area contributed by atoms with Crippen LogP contribution in [0.3, 0.4) is 0 Å². The normalized spacial score (nSPS) is 10.5. The SMILES string of the molecule is C=CCc1cn(I)c2ccccc12. The first kappa shape index (κ1) is 8.81. The van der Waals surface area contributed by atoms with E-state index >= 15 is 0 Å². The zero-order valence-corrected chi connectivity index (χ0v) is 9.36. The summed E-state index contributed by atoms with van der Waals surface area (Å²) in [4.78, 5) is 0. The van der Waals surface area contributed by atoms with Crippen molar-refractivity contribution < 1.29 is 0 Å². The van der Waals surface area contributed by atoms with Crippen LogP contribution in [0, 0.1) is 0 Å². The molecule has 2 heteroatoms. The van der Waals surface area contributed by atoms with Gasteiger partial charge in [0.2, 0.25) is 0 Å². The van der Waals surface area contributed by atoms with Crippen molar-refractivity contribution in [2.45, 2.75) is 6.42 Å². The van der Waals surface area contributed by atoms with Crippen molar-refractivity contribution in [2.24, 2.45) is 0 Å². The smallest absolute Gasteiger partial charge is 0.0640 e. The maximum atomic E-state index is 3.76. The van der Waals surface area contributed by atoms with Crippen LogP contribution in [0.5, 0.6) is 0 Å². The quantitative estimate of drug-likeness (QED) is 0.586. The molecule has 0 aliphatic heterocycles. The third kappa shape index (κ3) is 1.50. The summed E-state index contributed by atoms with van der Waals surface area (Å²) in [6.45, 7) is 3.76. The van der Waals surface area contributed by atoms with Gasteiger partial charge in [0.1, 0.15) is 0 Å². The number of para-hydroxylation sites is 1. The molecule has 0 saturated heterocycles. The Hall–Kier alpha value is -0.770. The van der Waals surface area contributed by atoms with Gasteiger partial charge in [-0.3, -0.25) is 2.78 Å². The van der Waals surface area contributed by atoms with Crippen molar-refractivity contribution in [1.82, 2.24) is 2.78 Å². The Morgan fingerprint density at radius 3 is 2.92 bits per heavy atom. The lowest BCUT2D eigenvalue weighted by Gasteiger charge is -1.92. The molecule has 1 aromatic heterocycles. The molecular weight excluding hydrogens is 273 g/mol. The summed E-state index contributed by atoms with van der Waals surface area (Å²) in [5.74, 6) is 0. The predicted molar refractivity (Wildman–Crippen MR) is 65.3 cm³/mol. The number of fused-ring (bicyclic) bond motifs is 1. The van der Waals surface area contributed by atoms with Crippen LogP contribution >= 0.6 is 22.9 Å². The molecule has 0 amide bonds. The first-order valence-electron chi connectivity index (χ1n) is 4.19. The van der Waals surface area contributed by atoms with E-state index in [1.54, 1.807) is 0 Å². The average molecular weight is 283 g/mol. The molecule has 0 radical (unpaired) electrons. The molecule has 1 nitrogen and oxygen atoms in total. The summed E-state index contributed by atoms with van der Waals surface area (Å²) in [5, 5.41) is 1.33. The van der Waals surface area contributed by atoms with Gasteiger partial charge in [-0.1, -0.05) is 24.3 Å². The zero-order chi connectivity index (χ0) is 9.26. The molecule has 0 unspecified atom stereocenters. The second-order valence-corrected chi connectivity index (χ2v) is 4.01. The number of hydrogen-bond donors (Lipinski definition) is 0. The molecule has 66 valence electrons. The van der Waals surface area contributed by atoms with E-state index in [0.29, 0.717) is 0 Å². The van der Waals surface area contributed by atoms with Gasteiger partial charge >= 0.3 is 0 Å². The fourth-order valence-electron chi connectivity index (χ4n) is 1.53. The molecule has 1 heterocycles. The standard InChI is InChI=1S/C11H10IN/c1-2-5-9-8-13(12)11-7-4-3-6-10(9)11/h2-4,6-8H,1,5H2. The number of rotatable bonds is 2. The lowest BCUT2D eigenvalue weighted by molar-refractivity contribution is 1.28. The molecular formula is C11H10IN. The monoisotopic (exact) mass is 283 g/mol. The molecule has 0 N–H and O–H groups in total. The zero-order valence-electron chi connectivity index (χ0n) is 7.20. The van der Waals surface area contributed by atoms with Crippen LogP contribution in [-0.4, -0.2) is 2.78 Å². The second kappa shape index (κ2) is 3.54. The lowest BCUT2D eigenvalue weighted by Crippen LogP contribution is -1.74. The maximum absolute atomic E-state index is 3.76. The lowest BCUT2D eigenvalue weighted by atomic mass is 10.1. The minimum atomic E-state index is 0.941. The van der Waals surface area contributed by atoms with Crippen LogP contribution in [0.2, 0.25) is 0 Å². The van der Waals surface area contributed by atoms with Crippen LogP contribution < -0.4 is 0 Å². The summed E-state index contributed by atoms with van der Waals surface area (Å²) in [7, 11) is 0. The highest BCUT2D eigenvalue weighted by Crippen LogP contribution is 2.23. The minimum absolute atomic E-state index is 0.941. The largest absolute Gasteiger partial charge is 0.289 e. The molecule has 1 aromatic carbocycles. The van der Waals surface area contributed by atoms with Crippen molar-refractivity contribution in [2.75, 3.05) is 0 Å². The second-order valence-electron chi connectivity index (χ2n) is 2.98. The van der Waals surface area contributed by atoms with Gasteiger partial charge in [-0.25, -0.2) is 0 Å². The highest BCUT2D eigenvalue weighted by atomic mass is 127. The number of allylic oxidation sites excluding steroid dienone is 1. The summed E-state index contributed by atoms with van der Waals surface area (Å²) in [6.07, 6.45) is 5.04. The molecule has 13 heavy (non-hydrogen) atoms. The van der Waals surface area contributed by atoms with E-state index < -0.39 is 0 Å². The van der Waals surface area contributed by atoms with Gasteiger partial charge < -0.3 is 0 Å². The molecule has 0 saturated carbocycles. The molecule has 0 spiro atoms. The first-order chi connectivity index (χ1) is 6.33. The predicted octanol–water partition coefficient (Wildman–Crippen LogP) is 3.57. The van der Waals surface area contributed by atoms with E-state index in [2.05, 4.69) is 62.7 Å². The van der Waals surface area contributed by atoms with Crippen LogP contribution in [0.4, 0.5) is 0 Å². The van der Waals surface area contributed by atoms with Crippen molar-refractivity contribution in [1.29, 1.82) is 0 Å². The Morgan fingerprint density at radius 2 is 2.15 bits per heavy atom. The Kier molecular flexibility index (Phi) is 2.40. The van der Waals surface area contributed by atoms with Crippen LogP contribution in [-0.2, 0) is 6.42 Å². The maximum Gasteiger partial charge on any atom is 0.0640 e. The molecule has 0 fully saturated rings. The van der Waals surface area contributed by atoms with Gasteiger partial charge in [-0.05, 0) is 18.1 Å². The van der Waals surface area contributed by atoms with Gasteiger partial charge in [0, 0.05) is 11.6 Å². The van der Waals surface area contributed by atoms with Crippen LogP contribution in [0.15, 0.2) is 43.1 Å². The fraction of sp³-hybridized carbons (Fsp3) is 0.0909. The Balaban J connectivity index is 2.70. The number of benzene rings is 1. The topological polar surface area (TPSA) is 4.93 Å². The number of aromatic nitrogens is 1. The molecule has 0 aliphatic carbocycles. The molecule has 0 bridgehead atoms. The van der Waals surface area contributed by atoms with Gasteiger partial charge in [0.05, 0.1) is 28.4 Å². The van der Waals surface area contributed by atoms with Crippen molar-refractivity contribution in [3.8, 4) is 0 Å². The average Bonchev–Trinajstić information content (AvgIpc) is 2.46. The third-order valence-corrected chi connectivity index (χ3v) is 2.91. The summed E-state index contributed by atoms with van der Waals surface area (Å²) in [6, 6.07) is 8.43. The molecule has 2 aromatic rings. The summed E-state index contributed by atoms with van der Waals surface area (Å²) < 4.78 is 2.13. The number of hydrogen-bond acceptors (Lipinski definition) is 0. The first-order valence-corrected chi connectivity index (χ1v) is 5.15. The minimum Gasteiger partial charge on any atom is -0.289 e. The highest BCUT2D eigenvalue weighted by molar-refractivity contribution is 14.1. The van der Waals surface area contributed by atoms with E-state index in [-0.39, 0.29) is 0 Å². The van der Waals surface area contributed by atoms with Crippen molar-refractivity contribution in [3.05, 3.63) is 48.7 Å². The van der Waals surface area contributed by atoms with E-state index in [1.807, 2.05) is 6.08 Å². The van der Waals surface area contributed by atoms with Gasteiger partial charge in [-0.2, -0.15) is 0 Å². The van der Waals surface area contributed by atoms with E-state index in [4.69, 9.17) is 0 Å². The van der Waals surface area contributed by atoms with Gasteiger partial charge in [0.15, 0.2) is 0 Å².